The van der Waals surface area contributed by atoms with Crippen LogP contribution in [-0.2, 0) is 12.8 Å². The number of aliphatic hydroxyl groups is 1. The number of amides is 1. The fraction of sp³-hybridized carbons (Fsp3) is 0.304. The van der Waals surface area contributed by atoms with Crippen molar-refractivity contribution < 1.29 is 30.0 Å². The molecular weight excluding hydrogens is 414 g/mol. The van der Waals surface area contributed by atoms with E-state index in [1.807, 2.05) is 19.0 Å². The number of nitrogens with two attached hydrogens (primary N) is 1. The molecule has 6 N–H and O–H groups in total. The van der Waals surface area contributed by atoms with Crippen LogP contribution in [0.5, 0.6) is 17.2 Å². The third-order valence-corrected chi connectivity index (χ3v) is 6.24. The maximum Gasteiger partial charge on any atom is 0.256 e. The number of benzene rings is 2. The molecule has 2 aliphatic carbocycles. The van der Waals surface area contributed by atoms with E-state index in [-0.39, 0.29) is 34.6 Å². The summed E-state index contributed by atoms with van der Waals surface area (Å²) in [7, 11) is 6.97. The van der Waals surface area contributed by atoms with E-state index in [9.17, 15) is 30.0 Å². The molecule has 0 saturated carbocycles. The Morgan fingerprint density at radius 3 is 2.12 bits per heavy atom. The van der Waals surface area contributed by atoms with Crippen molar-refractivity contribution in [2.45, 2.75) is 12.8 Å². The zero-order chi connectivity index (χ0) is 23.6. The highest BCUT2D eigenvalue weighted by Gasteiger charge is 2.43. The van der Waals surface area contributed by atoms with Gasteiger partial charge in [0.15, 0.2) is 11.5 Å². The first kappa shape index (κ1) is 21.4. The van der Waals surface area contributed by atoms with Crippen LogP contribution in [0.3, 0.4) is 0 Å². The molecule has 0 fully saturated rings. The number of Topliss-reactive ketones (excluding diaryl/α,β-unsaturated/α-hetero) is 1. The molecule has 168 valence electrons. The number of primary amides is 1. The molecule has 0 heterocycles. The van der Waals surface area contributed by atoms with E-state index in [4.69, 9.17) is 5.73 Å². The minimum Gasteiger partial charge on any atom is -0.507 e. The molecule has 1 unspecified atom stereocenters. The van der Waals surface area contributed by atoms with Gasteiger partial charge in [-0.1, -0.05) is 0 Å². The maximum atomic E-state index is 13.5. The first-order chi connectivity index (χ1) is 15.0. The van der Waals surface area contributed by atoms with Crippen LogP contribution in [0.25, 0.3) is 5.76 Å². The zero-order valence-corrected chi connectivity index (χ0v) is 18.2. The molecule has 0 aliphatic heterocycles. The minimum atomic E-state index is -1.07. The topological polar surface area (TPSA) is 148 Å². The summed E-state index contributed by atoms with van der Waals surface area (Å²) in [6, 6.07) is 3.17. The van der Waals surface area contributed by atoms with Gasteiger partial charge in [0.25, 0.3) is 5.91 Å². The van der Waals surface area contributed by atoms with Gasteiger partial charge in [-0.25, -0.2) is 0 Å². The van der Waals surface area contributed by atoms with Crippen molar-refractivity contribution in [1.29, 1.82) is 0 Å². The Hall–Kier alpha value is -3.88. The molecule has 9 heteroatoms. The minimum absolute atomic E-state index is 0.0531. The van der Waals surface area contributed by atoms with Crippen LogP contribution in [0.1, 0.15) is 37.4 Å². The van der Waals surface area contributed by atoms with Gasteiger partial charge in [-0.3, -0.25) is 9.59 Å². The molecule has 0 saturated heterocycles. The van der Waals surface area contributed by atoms with Gasteiger partial charge in [0.2, 0.25) is 0 Å². The fourth-order valence-electron chi connectivity index (χ4n) is 4.96. The number of ketones is 1. The summed E-state index contributed by atoms with van der Waals surface area (Å²) in [6.07, 6.45) is 0.573. The van der Waals surface area contributed by atoms with Crippen molar-refractivity contribution in [2.75, 3.05) is 38.0 Å². The van der Waals surface area contributed by atoms with Gasteiger partial charge in [0, 0.05) is 39.5 Å². The van der Waals surface area contributed by atoms with Crippen molar-refractivity contribution in [3.05, 3.63) is 45.5 Å². The van der Waals surface area contributed by atoms with Gasteiger partial charge in [0.05, 0.1) is 16.8 Å². The number of aromatic hydroxyl groups is 3. The predicted molar refractivity (Wildman–Crippen MR) is 120 cm³/mol. The first-order valence-corrected chi connectivity index (χ1v) is 10.1. The van der Waals surface area contributed by atoms with E-state index >= 15 is 0 Å². The lowest BCUT2D eigenvalue weighted by Gasteiger charge is -2.36. The highest BCUT2D eigenvalue weighted by atomic mass is 16.3. The summed E-state index contributed by atoms with van der Waals surface area (Å²) in [5.74, 6) is -3.90. The lowest BCUT2D eigenvalue weighted by Crippen LogP contribution is -2.32. The number of anilines is 2. The quantitative estimate of drug-likeness (QED) is 0.487. The number of hydrogen-bond donors (Lipinski definition) is 5. The van der Waals surface area contributed by atoms with Crippen molar-refractivity contribution >= 4 is 28.8 Å². The Morgan fingerprint density at radius 1 is 0.938 bits per heavy atom. The third-order valence-electron chi connectivity index (χ3n) is 6.24. The molecule has 0 bridgehead atoms. The number of carbonyl (C=O) groups is 2. The summed E-state index contributed by atoms with van der Waals surface area (Å²) >= 11 is 0. The molecule has 0 radical (unpaired) electrons. The van der Waals surface area contributed by atoms with Crippen molar-refractivity contribution in [1.82, 2.24) is 0 Å². The van der Waals surface area contributed by atoms with Crippen LogP contribution in [0.2, 0.25) is 0 Å². The number of carbonyl (C=O) groups excluding carboxylic acids is 2. The van der Waals surface area contributed by atoms with Gasteiger partial charge in [0.1, 0.15) is 22.8 Å². The Balaban J connectivity index is 2.05. The molecule has 0 spiro atoms. The number of allylic oxidation sites excluding steroid dienone is 1. The molecular formula is C23H25N3O6. The van der Waals surface area contributed by atoms with Gasteiger partial charge in [-0.05, 0) is 42.0 Å². The van der Waals surface area contributed by atoms with Crippen LogP contribution >= 0.6 is 0 Å². The SMILES string of the molecule is CN(C)c1ccc(O)c2c1CC1Cc3c(c(O)c(C(N)=O)c(O)c3N(C)C)C(O)=C1C2=O. The second kappa shape index (κ2) is 7.08. The summed E-state index contributed by atoms with van der Waals surface area (Å²) < 4.78 is 0. The smallest absolute Gasteiger partial charge is 0.256 e. The average molecular weight is 439 g/mol. The van der Waals surface area contributed by atoms with Crippen LogP contribution in [0.15, 0.2) is 17.7 Å². The number of phenols is 3. The number of aliphatic hydroxyl groups excluding tert-OH is 1. The zero-order valence-electron chi connectivity index (χ0n) is 18.2. The van der Waals surface area contributed by atoms with Crippen molar-refractivity contribution in [3.63, 3.8) is 0 Å². The van der Waals surface area contributed by atoms with E-state index < -0.39 is 40.4 Å². The standard InChI is InChI=1S/C23H25N3O6/c1-25(2)12-5-6-13(27)15-10(12)7-9-8-11-16(20(29)14(9)19(15)28)21(30)17(23(24)32)22(31)18(11)26(3)4/h5-6,9,27,29-31H,7-8H2,1-4H3,(H2,24,32). The monoisotopic (exact) mass is 439 g/mol. The fourth-order valence-corrected chi connectivity index (χ4v) is 4.96. The summed E-state index contributed by atoms with van der Waals surface area (Å²) in [6.45, 7) is 0. The molecule has 1 amide bonds. The highest BCUT2D eigenvalue weighted by Crippen LogP contribution is 2.52. The van der Waals surface area contributed by atoms with Gasteiger partial charge < -0.3 is 36.0 Å². The van der Waals surface area contributed by atoms with E-state index in [1.54, 1.807) is 25.1 Å². The van der Waals surface area contributed by atoms with Gasteiger partial charge in [-0.15, -0.1) is 0 Å². The first-order valence-electron chi connectivity index (χ1n) is 10.1. The Kier molecular flexibility index (Phi) is 4.73. The number of hydrogen-bond acceptors (Lipinski definition) is 8. The number of rotatable bonds is 3. The van der Waals surface area contributed by atoms with Gasteiger partial charge >= 0.3 is 0 Å². The molecule has 2 aliphatic rings. The lowest BCUT2D eigenvalue weighted by atomic mass is 9.70. The molecule has 1 atom stereocenters. The normalized spacial score (nSPS) is 16.9. The Morgan fingerprint density at radius 2 is 1.56 bits per heavy atom. The third kappa shape index (κ3) is 2.77. The van der Waals surface area contributed by atoms with Crippen LogP contribution in [0, 0.1) is 5.92 Å². The largest absolute Gasteiger partial charge is 0.507 e. The predicted octanol–water partition coefficient (Wildman–Crippen LogP) is 1.91. The summed E-state index contributed by atoms with van der Waals surface area (Å²) in [5, 5.41) is 43.1. The number of nitrogens with zero attached hydrogens (tertiary/aromatic N) is 2. The van der Waals surface area contributed by atoms with Crippen LogP contribution in [-0.4, -0.2) is 60.3 Å². The molecule has 9 nitrogen and oxygen atoms in total. The number of fused-ring (bicyclic) bond motifs is 3. The van der Waals surface area contributed by atoms with E-state index in [1.165, 1.54) is 6.07 Å². The van der Waals surface area contributed by atoms with Crippen molar-refractivity contribution in [3.8, 4) is 17.2 Å². The summed E-state index contributed by atoms with van der Waals surface area (Å²) in [5.41, 5.74) is 6.98. The lowest BCUT2D eigenvalue weighted by molar-refractivity contribution is 0.0991. The molecule has 32 heavy (non-hydrogen) atoms. The maximum absolute atomic E-state index is 13.5. The van der Waals surface area contributed by atoms with Crippen molar-refractivity contribution in [2.24, 2.45) is 11.7 Å². The van der Waals surface area contributed by atoms with Crippen LogP contribution in [0.4, 0.5) is 11.4 Å². The Labute approximate surface area is 184 Å². The van der Waals surface area contributed by atoms with E-state index in [0.29, 0.717) is 17.5 Å². The molecule has 2 aromatic carbocycles. The Bertz CT molecular complexity index is 1230. The van der Waals surface area contributed by atoms with Crippen LogP contribution < -0.4 is 15.5 Å². The van der Waals surface area contributed by atoms with Gasteiger partial charge in [-0.2, -0.15) is 0 Å². The second-order valence-electron chi connectivity index (χ2n) is 8.58. The molecule has 0 aromatic heterocycles. The average Bonchev–Trinajstić information content (AvgIpc) is 2.66. The molecule has 4 rings (SSSR count). The highest BCUT2D eigenvalue weighted by molar-refractivity contribution is 6.18. The number of phenolic OH excluding ortho intramolecular Hbond substituents is 1. The van der Waals surface area contributed by atoms with E-state index in [0.717, 1.165) is 5.69 Å². The second-order valence-corrected chi connectivity index (χ2v) is 8.58. The molecule has 2 aromatic rings. The summed E-state index contributed by atoms with van der Waals surface area (Å²) in [4.78, 5) is 28.8. The van der Waals surface area contributed by atoms with E-state index in [2.05, 4.69) is 0 Å².